The maximum atomic E-state index is 14.2. The molecular weight excluding hydrogens is 275 g/mol. The summed E-state index contributed by atoms with van der Waals surface area (Å²) in [6.07, 6.45) is 0.885. The summed E-state index contributed by atoms with van der Waals surface area (Å²) in [6, 6.07) is 17.0. The zero-order chi connectivity index (χ0) is 15.5. The molecule has 112 valence electrons. The van der Waals surface area contributed by atoms with Crippen LogP contribution in [0.3, 0.4) is 0 Å². The van der Waals surface area contributed by atoms with Gasteiger partial charge in [-0.2, -0.15) is 0 Å². The molecule has 0 saturated carbocycles. The van der Waals surface area contributed by atoms with Crippen LogP contribution in [0.2, 0.25) is 0 Å². The Bertz CT molecular complexity index is 798. The Morgan fingerprint density at radius 3 is 2.73 bits per heavy atom. The summed E-state index contributed by atoms with van der Waals surface area (Å²) >= 11 is 0. The molecule has 0 aliphatic heterocycles. The normalized spacial score (nSPS) is 12.5. The van der Waals surface area contributed by atoms with E-state index in [-0.39, 0.29) is 5.82 Å². The van der Waals surface area contributed by atoms with Gasteiger partial charge in [0.05, 0.1) is 11.2 Å². The lowest BCUT2D eigenvalue weighted by molar-refractivity contribution is 0.626. The summed E-state index contributed by atoms with van der Waals surface area (Å²) in [5.41, 5.74) is 8.80. The van der Waals surface area contributed by atoms with Crippen molar-refractivity contribution < 1.29 is 4.39 Å². The zero-order valence-electron chi connectivity index (χ0n) is 12.6. The minimum Gasteiger partial charge on any atom is -0.330 e. The van der Waals surface area contributed by atoms with Gasteiger partial charge in [-0.25, -0.2) is 9.37 Å². The molecule has 3 rings (SSSR count). The molecule has 1 heterocycles. The summed E-state index contributed by atoms with van der Waals surface area (Å²) < 4.78 is 14.2. The minimum atomic E-state index is -0.244. The molecular formula is C19H19FN2. The average Bonchev–Trinajstić information content (AvgIpc) is 2.55. The number of para-hydroxylation sites is 1. The number of rotatable bonds is 4. The Morgan fingerprint density at radius 2 is 1.91 bits per heavy atom. The van der Waals surface area contributed by atoms with Gasteiger partial charge < -0.3 is 5.73 Å². The van der Waals surface area contributed by atoms with Crippen LogP contribution in [-0.2, 0) is 0 Å². The summed E-state index contributed by atoms with van der Waals surface area (Å²) in [5.74, 6) is 0.0660. The summed E-state index contributed by atoms with van der Waals surface area (Å²) in [4.78, 5) is 4.59. The van der Waals surface area contributed by atoms with Gasteiger partial charge in [0.15, 0.2) is 0 Å². The third-order valence-corrected chi connectivity index (χ3v) is 4.03. The third-order valence-electron chi connectivity index (χ3n) is 4.03. The molecule has 0 amide bonds. The highest BCUT2D eigenvalue weighted by Crippen LogP contribution is 2.28. The molecule has 2 nitrogen and oxygen atoms in total. The average molecular weight is 294 g/mol. The fourth-order valence-corrected chi connectivity index (χ4v) is 2.68. The van der Waals surface area contributed by atoms with E-state index in [1.54, 1.807) is 0 Å². The first-order valence-corrected chi connectivity index (χ1v) is 7.54. The molecule has 0 aliphatic carbocycles. The van der Waals surface area contributed by atoms with Crippen LogP contribution in [0.1, 0.15) is 24.8 Å². The van der Waals surface area contributed by atoms with Crippen molar-refractivity contribution in [3.8, 4) is 11.3 Å². The molecule has 0 aliphatic rings. The molecule has 1 aromatic heterocycles. The Hall–Kier alpha value is -2.26. The molecule has 3 heteroatoms. The fraction of sp³-hybridized carbons (Fsp3) is 0.211. The molecule has 0 bridgehead atoms. The number of hydrogen-bond acceptors (Lipinski definition) is 2. The lowest BCUT2D eigenvalue weighted by Crippen LogP contribution is -2.05. The highest BCUT2D eigenvalue weighted by molar-refractivity contribution is 5.81. The van der Waals surface area contributed by atoms with Crippen molar-refractivity contribution in [1.29, 1.82) is 0 Å². The lowest BCUT2D eigenvalue weighted by Gasteiger charge is -2.13. The van der Waals surface area contributed by atoms with E-state index in [1.807, 2.05) is 48.5 Å². The van der Waals surface area contributed by atoms with Gasteiger partial charge in [-0.05, 0) is 48.7 Å². The van der Waals surface area contributed by atoms with E-state index in [2.05, 4.69) is 11.9 Å². The first-order valence-electron chi connectivity index (χ1n) is 7.54. The molecule has 0 saturated heterocycles. The Labute approximate surface area is 129 Å². The quantitative estimate of drug-likeness (QED) is 0.769. The van der Waals surface area contributed by atoms with Crippen LogP contribution >= 0.6 is 0 Å². The van der Waals surface area contributed by atoms with Gasteiger partial charge >= 0.3 is 0 Å². The first kappa shape index (κ1) is 14.7. The number of benzene rings is 2. The van der Waals surface area contributed by atoms with Gasteiger partial charge in [-0.3, -0.25) is 0 Å². The van der Waals surface area contributed by atoms with E-state index in [1.165, 1.54) is 6.07 Å². The first-order chi connectivity index (χ1) is 10.7. The largest absolute Gasteiger partial charge is 0.330 e. The van der Waals surface area contributed by atoms with Crippen LogP contribution in [0.15, 0.2) is 54.6 Å². The molecule has 2 N–H and O–H groups in total. The number of hydrogen-bond donors (Lipinski definition) is 1. The summed E-state index contributed by atoms with van der Waals surface area (Å²) in [6.45, 7) is 2.74. The number of nitrogens with two attached hydrogens (primary N) is 1. The van der Waals surface area contributed by atoms with Gasteiger partial charge in [0, 0.05) is 10.9 Å². The van der Waals surface area contributed by atoms with Crippen LogP contribution in [0, 0.1) is 5.82 Å². The van der Waals surface area contributed by atoms with Crippen LogP contribution in [0.25, 0.3) is 22.2 Å². The molecule has 2 aromatic carbocycles. The number of halogens is 1. The highest BCUT2D eigenvalue weighted by atomic mass is 19.1. The predicted molar refractivity (Wildman–Crippen MR) is 89.2 cm³/mol. The second-order valence-electron chi connectivity index (χ2n) is 5.61. The number of nitrogens with zero attached hydrogens (tertiary/aromatic N) is 1. The fourth-order valence-electron chi connectivity index (χ4n) is 2.68. The van der Waals surface area contributed by atoms with Crippen molar-refractivity contribution in [2.75, 3.05) is 6.54 Å². The van der Waals surface area contributed by atoms with Crippen LogP contribution < -0.4 is 5.73 Å². The SMILES string of the molecule is CC(CCN)c1ccc(F)c(-c2ccc3ccccc3n2)c1. The van der Waals surface area contributed by atoms with E-state index in [0.29, 0.717) is 23.7 Å². The molecule has 0 spiro atoms. The van der Waals surface area contributed by atoms with E-state index in [0.717, 1.165) is 22.9 Å². The Kier molecular flexibility index (Phi) is 4.16. The molecule has 0 radical (unpaired) electrons. The van der Waals surface area contributed by atoms with Crippen molar-refractivity contribution in [2.24, 2.45) is 5.73 Å². The van der Waals surface area contributed by atoms with Gasteiger partial charge in [0.1, 0.15) is 5.82 Å². The van der Waals surface area contributed by atoms with Crippen LogP contribution in [-0.4, -0.2) is 11.5 Å². The second-order valence-corrected chi connectivity index (χ2v) is 5.61. The standard InChI is InChI=1S/C19H19FN2/c1-13(10-11-21)15-6-8-17(20)16(12-15)19-9-7-14-4-2-3-5-18(14)22-19/h2-9,12-13H,10-11,21H2,1H3. The zero-order valence-corrected chi connectivity index (χ0v) is 12.6. The van der Waals surface area contributed by atoms with Crippen molar-refractivity contribution in [2.45, 2.75) is 19.3 Å². The van der Waals surface area contributed by atoms with Gasteiger partial charge in [-0.15, -0.1) is 0 Å². The number of pyridine rings is 1. The van der Waals surface area contributed by atoms with Gasteiger partial charge in [-0.1, -0.05) is 37.3 Å². The summed E-state index contributed by atoms with van der Waals surface area (Å²) in [7, 11) is 0. The molecule has 3 aromatic rings. The van der Waals surface area contributed by atoms with Crippen molar-refractivity contribution in [3.05, 3.63) is 66.0 Å². The van der Waals surface area contributed by atoms with Crippen LogP contribution in [0.4, 0.5) is 4.39 Å². The molecule has 0 fully saturated rings. The topological polar surface area (TPSA) is 38.9 Å². The second kappa shape index (κ2) is 6.24. The minimum absolute atomic E-state index is 0.244. The smallest absolute Gasteiger partial charge is 0.132 e. The van der Waals surface area contributed by atoms with E-state index >= 15 is 0 Å². The highest BCUT2D eigenvalue weighted by Gasteiger charge is 2.11. The van der Waals surface area contributed by atoms with E-state index in [4.69, 9.17) is 5.73 Å². The summed E-state index contributed by atoms with van der Waals surface area (Å²) in [5, 5.41) is 1.05. The maximum Gasteiger partial charge on any atom is 0.132 e. The Balaban J connectivity index is 2.06. The van der Waals surface area contributed by atoms with Gasteiger partial charge in [0.2, 0.25) is 0 Å². The Morgan fingerprint density at radius 1 is 1.09 bits per heavy atom. The van der Waals surface area contributed by atoms with Crippen molar-refractivity contribution >= 4 is 10.9 Å². The maximum absolute atomic E-state index is 14.2. The van der Waals surface area contributed by atoms with Gasteiger partial charge in [0.25, 0.3) is 0 Å². The van der Waals surface area contributed by atoms with E-state index < -0.39 is 0 Å². The predicted octanol–water partition coefficient (Wildman–Crippen LogP) is 4.49. The molecule has 22 heavy (non-hydrogen) atoms. The van der Waals surface area contributed by atoms with Crippen molar-refractivity contribution in [1.82, 2.24) is 4.98 Å². The molecule has 1 unspecified atom stereocenters. The molecule has 1 atom stereocenters. The van der Waals surface area contributed by atoms with Crippen molar-refractivity contribution in [3.63, 3.8) is 0 Å². The van der Waals surface area contributed by atoms with E-state index in [9.17, 15) is 4.39 Å². The third kappa shape index (κ3) is 2.85. The lowest BCUT2D eigenvalue weighted by atomic mass is 9.95. The number of aromatic nitrogens is 1. The van der Waals surface area contributed by atoms with Crippen LogP contribution in [0.5, 0.6) is 0 Å². The monoisotopic (exact) mass is 294 g/mol. The number of fused-ring (bicyclic) bond motifs is 1.